The van der Waals surface area contributed by atoms with E-state index in [0.717, 1.165) is 11.8 Å². The van der Waals surface area contributed by atoms with Crippen LogP contribution in [0.15, 0.2) is 18.2 Å². The number of carbonyl (C=O) groups is 1. The van der Waals surface area contributed by atoms with Crippen LogP contribution in [0.25, 0.3) is 0 Å². The first-order chi connectivity index (χ1) is 5.77. The number of carbonyl (C=O) groups excluding carboxylic acids is 1. The lowest BCUT2D eigenvalue weighted by Gasteiger charge is -2.03. The molecule has 0 bridgehead atoms. The fourth-order valence-electron chi connectivity index (χ4n) is 1.03. The van der Waals surface area contributed by atoms with Crippen LogP contribution >= 0.6 is 0 Å². The number of hydrogen-bond acceptors (Lipinski definition) is 3. The molecule has 0 radical (unpaired) electrons. The Morgan fingerprint density at radius 1 is 1.50 bits per heavy atom. The van der Waals surface area contributed by atoms with Crippen LogP contribution in [0.3, 0.4) is 0 Å². The predicted octanol–water partition coefficient (Wildman–Crippen LogP) is 0.616. The molecular weight excluding hydrogens is 154 g/mol. The maximum absolute atomic E-state index is 10.3. The standard InChI is InChI=1S/C9H11NO2/c10-9-5-7(6-12)1-2-8(9)3-4-11/h1-2,5-6,11H,3-4,10H2. The van der Waals surface area contributed by atoms with E-state index in [4.69, 9.17) is 10.8 Å². The van der Waals surface area contributed by atoms with Crippen LogP contribution in [0.2, 0.25) is 0 Å². The van der Waals surface area contributed by atoms with Crippen LogP contribution in [0.5, 0.6) is 0 Å². The topological polar surface area (TPSA) is 63.3 Å². The summed E-state index contributed by atoms with van der Waals surface area (Å²) in [5, 5.41) is 8.65. The van der Waals surface area contributed by atoms with E-state index < -0.39 is 0 Å². The highest BCUT2D eigenvalue weighted by atomic mass is 16.2. The van der Waals surface area contributed by atoms with Crippen molar-refractivity contribution in [2.45, 2.75) is 6.42 Å². The first kappa shape index (κ1) is 8.74. The Hall–Kier alpha value is -1.35. The van der Waals surface area contributed by atoms with Crippen molar-refractivity contribution in [3.63, 3.8) is 0 Å². The minimum Gasteiger partial charge on any atom is -0.398 e. The molecule has 0 amide bonds. The lowest BCUT2D eigenvalue weighted by Crippen LogP contribution is -1.98. The lowest BCUT2D eigenvalue weighted by atomic mass is 10.1. The molecule has 0 unspecified atom stereocenters. The van der Waals surface area contributed by atoms with E-state index in [1.54, 1.807) is 18.2 Å². The van der Waals surface area contributed by atoms with E-state index in [1.165, 1.54) is 0 Å². The fraction of sp³-hybridized carbons (Fsp3) is 0.222. The van der Waals surface area contributed by atoms with E-state index in [1.807, 2.05) is 0 Å². The van der Waals surface area contributed by atoms with Gasteiger partial charge in [-0.05, 0) is 18.1 Å². The lowest BCUT2D eigenvalue weighted by molar-refractivity contribution is 0.112. The molecular formula is C9H11NO2. The molecule has 0 aliphatic rings. The van der Waals surface area contributed by atoms with Gasteiger partial charge in [0.25, 0.3) is 0 Å². The smallest absolute Gasteiger partial charge is 0.150 e. The number of aliphatic hydroxyl groups is 1. The van der Waals surface area contributed by atoms with Crippen LogP contribution in [0, 0.1) is 0 Å². The Balaban J connectivity index is 2.94. The van der Waals surface area contributed by atoms with Gasteiger partial charge in [0.05, 0.1) is 0 Å². The highest BCUT2D eigenvalue weighted by Crippen LogP contribution is 2.13. The van der Waals surface area contributed by atoms with Gasteiger partial charge in [-0.15, -0.1) is 0 Å². The molecule has 0 spiro atoms. The van der Waals surface area contributed by atoms with Gasteiger partial charge < -0.3 is 10.8 Å². The van der Waals surface area contributed by atoms with Crippen molar-refractivity contribution in [1.29, 1.82) is 0 Å². The Labute approximate surface area is 70.8 Å². The molecule has 0 heterocycles. The molecule has 3 heteroatoms. The van der Waals surface area contributed by atoms with E-state index in [0.29, 0.717) is 17.7 Å². The molecule has 0 aliphatic heterocycles. The zero-order valence-electron chi connectivity index (χ0n) is 6.66. The Kier molecular flexibility index (Phi) is 2.82. The molecule has 0 aromatic heterocycles. The Morgan fingerprint density at radius 2 is 2.25 bits per heavy atom. The summed E-state index contributed by atoms with van der Waals surface area (Å²) in [6.45, 7) is 0.0740. The van der Waals surface area contributed by atoms with Crippen LogP contribution in [0.4, 0.5) is 5.69 Å². The third kappa shape index (κ3) is 1.83. The van der Waals surface area contributed by atoms with E-state index in [2.05, 4.69) is 0 Å². The molecule has 12 heavy (non-hydrogen) atoms. The largest absolute Gasteiger partial charge is 0.398 e. The van der Waals surface area contributed by atoms with Gasteiger partial charge in [-0.3, -0.25) is 4.79 Å². The van der Waals surface area contributed by atoms with E-state index in [9.17, 15) is 4.79 Å². The zero-order chi connectivity index (χ0) is 8.97. The molecule has 0 saturated heterocycles. The number of benzene rings is 1. The van der Waals surface area contributed by atoms with Crippen LogP contribution in [-0.2, 0) is 6.42 Å². The Morgan fingerprint density at radius 3 is 2.75 bits per heavy atom. The predicted molar refractivity (Wildman–Crippen MR) is 47.0 cm³/mol. The summed E-state index contributed by atoms with van der Waals surface area (Å²) < 4.78 is 0. The van der Waals surface area contributed by atoms with Gasteiger partial charge in [-0.1, -0.05) is 12.1 Å². The van der Waals surface area contributed by atoms with Crippen molar-refractivity contribution in [2.24, 2.45) is 0 Å². The average molecular weight is 165 g/mol. The maximum Gasteiger partial charge on any atom is 0.150 e. The van der Waals surface area contributed by atoms with Gasteiger partial charge in [0.2, 0.25) is 0 Å². The molecule has 64 valence electrons. The van der Waals surface area contributed by atoms with Crippen molar-refractivity contribution in [2.75, 3.05) is 12.3 Å². The zero-order valence-corrected chi connectivity index (χ0v) is 6.66. The number of aliphatic hydroxyl groups excluding tert-OH is 1. The van der Waals surface area contributed by atoms with Gasteiger partial charge in [0.1, 0.15) is 6.29 Å². The summed E-state index contributed by atoms with van der Waals surface area (Å²) in [4.78, 5) is 10.3. The Bertz CT molecular complexity index is 284. The molecule has 3 N–H and O–H groups in total. The normalized spacial score (nSPS) is 9.75. The van der Waals surface area contributed by atoms with Gasteiger partial charge in [-0.2, -0.15) is 0 Å². The molecule has 0 atom stereocenters. The number of anilines is 1. The average Bonchev–Trinajstić information content (AvgIpc) is 2.09. The molecule has 3 nitrogen and oxygen atoms in total. The molecule has 0 saturated carbocycles. The molecule has 1 aromatic carbocycles. The van der Waals surface area contributed by atoms with Gasteiger partial charge in [-0.25, -0.2) is 0 Å². The van der Waals surface area contributed by atoms with Crippen LogP contribution in [-0.4, -0.2) is 18.0 Å². The van der Waals surface area contributed by atoms with Crippen molar-refractivity contribution in [1.82, 2.24) is 0 Å². The number of nitrogen functional groups attached to an aromatic ring is 1. The van der Waals surface area contributed by atoms with Gasteiger partial charge >= 0.3 is 0 Å². The molecule has 0 fully saturated rings. The van der Waals surface area contributed by atoms with E-state index >= 15 is 0 Å². The van der Waals surface area contributed by atoms with Crippen molar-refractivity contribution >= 4 is 12.0 Å². The van der Waals surface area contributed by atoms with E-state index in [-0.39, 0.29) is 6.61 Å². The number of hydrogen-bond donors (Lipinski definition) is 2. The summed E-state index contributed by atoms with van der Waals surface area (Å²) in [7, 11) is 0. The van der Waals surface area contributed by atoms with Crippen LogP contribution < -0.4 is 5.73 Å². The third-order valence-corrected chi connectivity index (χ3v) is 1.69. The maximum atomic E-state index is 10.3. The van der Waals surface area contributed by atoms with Crippen LogP contribution in [0.1, 0.15) is 15.9 Å². The van der Waals surface area contributed by atoms with Gasteiger partial charge in [0, 0.05) is 17.9 Å². The summed E-state index contributed by atoms with van der Waals surface area (Å²) in [6.07, 6.45) is 1.28. The van der Waals surface area contributed by atoms with Crippen molar-refractivity contribution in [3.8, 4) is 0 Å². The first-order valence-corrected chi connectivity index (χ1v) is 3.72. The molecule has 1 rings (SSSR count). The summed E-state index contributed by atoms with van der Waals surface area (Å²) in [6, 6.07) is 5.06. The summed E-state index contributed by atoms with van der Waals surface area (Å²) in [5.41, 5.74) is 7.62. The number of rotatable bonds is 3. The number of aldehydes is 1. The second kappa shape index (κ2) is 3.88. The number of nitrogens with two attached hydrogens (primary N) is 1. The van der Waals surface area contributed by atoms with Crippen molar-refractivity contribution < 1.29 is 9.90 Å². The third-order valence-electron chi connectivity index (χ3n) is 1.69. The minimum absolute atomic E-state index is 0.0740. The highest BCUT2D eigenvalue weighted by Gasteiger charge is 1.98. The highest BCUT2D eigenvalue weighted by molar-refractivity contribution is 5.77. The monoisotopic (exact) mass is 165 g/mol. The second-order valence-electron chi connectivity index (χ2n) is 2.55. The summed E-state index contributed by atoms with van der Waals surface area (Å²) >= 11 is 0. The van der Waals surface area contributed by atoms with Gasteiger partial charge in [0.15, 0.2) is 0 Å². The minimum atomic E-state index is 0.0740. The first-order valence-electron chi connectivity index (χ1n) is 3.72. The quantitative estimate of drug-likeness (QED) is 0.509. The fourth-order valence-corrected chi connectivity index (χ4v) is 1.03. The summed E-state index contributed by atoms with van der Waals surface area (Å²) in [5.74, 6) is 0. The second-order valence-corrected chi connectivity index (χ2v) is 2.55. The van der Waals surface area contributed by atoms with Crippen molar-refractivity contribution in [3.05, 3.63) is 29.3 Å². The molecule has 1 aromatic rings. The molecule has 0 aliphatic carbocycles. The SMILES string of the molecule is Nc1cc(C=O)ccc1CCO.